The van der Waals surface area contributed by atoms with E-state index in [2.05, 4.69) is 46.9 Å². The predicted molar refractivity (Wildman–Crippen MR) is 90.3 cm³/mol. The Hall–Kier alpha value is -0.840. The minimum atomic E-state index is 0.272. The summed E-state index contributed by atoms with van der Waals surface area (Å²) in [5.41, 5.74) is 6.88. The molecule has 3 atom stereocenters. The van der Waals surface area contributed by atoms with Gasteiger partial charge in [0.2, 0.25) is 0 Å². The average Bonchev–Trinajstić information content (AvgIpc) is 3.11. The molecule has 1 aromatic carbocycles. The normalized spacial score (nSPS) is 24.0. The number of halogens is 1. The Bertz CT molecular complexity index is 624. The van der Waals surface area contributed by atoms with Gasteiger partial charge in [-0.2, -0.15) is 0 Å². The number of rotatable bonds is 4. The maximum atomic E-state index is 6.04. The smallest absolute Gasteiger partial charge is 0.134 e. The largest absolute Gasteiger partial charge is 0.459 e. The number of nitrogens with two attached hydrogens (primary N) is 1. The van der Waals surface area contributed by atoms with Crippen molar-refractivity contribution in [1.29, 1.82) is 0 Å². The summed E-state index contributed by atoms with van der Waals surface area (Å²) < 4.78 is 7.13. The van der Waals surface area contributed by atoms with Gasteiger partial charge in [0.25, 0.3) is 0 Å². The minimum Gasteiger partial charge on any atom is -0.459 e. The van der Waals surface area contributed by atoms with E-state index in [0.717, 1.165) is 27.7 Å². The molecule has 1 fully saturated rings. The topological polar surface area (TPSA) is 42.4 Å². The zero-order chi connectivity index (χ0) is 15.0. The number of hydrogen-bond donors (Lipinski definition) is 1. The monoisotopic (exact) mass is 350 g/mol. The van der Waals surface area contributed by atoms with Crippen molar-refractivity contribution in [2.75, 3.05) is 13.6 Å². The van der Waals surface area contributed by atoms with Crippen molar-refractivity contribution >= 4 is 26.9 Å². The van der Waals surface area contributed by atoms with Crippen LogP contribution < -0.4 is 5.73 Å². The summed E-state index contributed by atoms with van der Waals surface area (Å²) >= 11 is 3.51. The van der Waals surface area contributed by atoms with Crippen molar-refractivity contribution in [3.8, 4) is 0 Å². The third kappa shape index (κ3) is 2.89. The lowest BCUT2D eigenvalue weighted by Gasteiger charge is -2.33. The van der Waals surface area contributed by atoms with Crippen molar-refractivity contribution in [3.63, 3.8) is 0 Å². The highest BCUT2D eigenvalue weighted by atomic mass is 79.9. The van der Waals surface area contributed by atoms with Crippen LogP contribution in [-0.2, 0) is 0 Å². The van der Waals surface area contributed by atoms with Gasteiger partial charge in [0, 0.05) is 15.9 Å². The first kappa shape index (κ1) is 15.1. The molecule has 1 heterocycles. The lowest BCUT2D eigenvalue weighted by molar-refractivity contribution is 0.138. The van der Waals surface area contributed by atoms with Crippen LogP contribution in [0.3, 0.4) is 0 Å². The van der Waals surface area contributed by atoms with E-state index >= 15 is 0 Å². The molecule has 1 saturated carbocycles. The van der Waals surface area contributed by atoms with Gasteiger partial charge >= 0.3 is 0 Å². The highest BCUT2D eigenvalue weighted by Crippen LogP contribution is 2.35. The molecule has 0 spiro atoms. The van der Waals surface area contributed by atoms with Crippen molar-refractivity contribution in [1.82, 2.24) is 4.90 Å². The van der Waals surface area contributed by atoms with Gasteiger partial charge < -0.3 is 10.2 Å². The Labute approximate surface area is 134 Å². The van der Waals surface area contributed by atoms with E-state index in [4.69, 9.17) is 10.2 Å². The molecule has 4 heteroatoms. The molecule has 1 aliphatic rings. The van der Waals surface area contributed by atoms with Gasteiger partial charge in [-0.15, -0.1) is 0 Å². The number of benzene rings is 1. The summed E-state index contributed by atoms with van der Waals surface area (Å²) in [7, 11) is 2.20. The van der Waals surface area contributed by atoms with E-state index in [9.17, 15) is 0 Å². The number of nitrogens with zero attached hydrogens (tertiary/aromatic N) is 1. The molecule has 0 saturated heterocycles. The van der Waals surface area contributed by atoms with Crippen LogP contribution in [-0.4, -0.2) is 24.5 Å². The third-order valence-electron chi connectivity index (χ3n) is 4.96. The first-order chi connectivity index (χ1) is 10.1. The predicted octanol–water partition coefficient (Wildman–Crippen LogP) is 4.32. The standard InChI is InChI=1S/C17H23BrN2O/c1-11(20(2)15-5-3-4-12(15)10-19)17-9-13-8-14(18)6-7-16(13)21-17/h6-9,11-12,15H,3-5,10,19H2,1-2H3. The molecular weight excluding hydrogens is 328 g/mol. The first-order valence-corrected chi connectivity index (χ1v) is 8.50. The van der Waals surface area contributed by atoms with E-state index in [-0.39, 0.29) is 6.04 Å². The van der Waals surface area contributed by atoms with Crippen LogP contribution in [0.2, 0.25) is 0 Å². The van der Waals surface area contributed by atoms with Crippen LogP contribution >= 0.6 is 15.9 Å². The highest BCUT2D eigenvalue weighted by Gasteiger charge is 2.32. The summed E-state index contributed by atoms with van der Waals surface area (Å²) in [5.74, 6) is 1.66. The molecule has 2 aromatic rings. The van der Waals surface area contributed by atoms with Gasteiger partial charge in [0.1, 0.15) is 11.3 Å². The van der Waals surface area contributed by atoms with Crippen LogP contribution in [0.4, 0.5) is 0 Å². The molecule has 3 rings (SSSR count). The SMILES string of the molecule is CC(c1cc2cc(Br)ccc2o1)N(C)C1CCCC1CN. The summed E-state index contributed by atoms with van der Waals surface area (Å²) in [4.78, 5) is 2.44. The van der Waals surface area contributed by atoms with E-state index in [0.29, 0.717) is 12.0 Å². The lowest BCUT2D eigenvalue weighted by atomic mass is 10.0. The van der Waals surface area contributed by atoms with E-state index in [1.165, 1.54) is 19.3 Å². The van der Waals surface area contributed by atoms with E-state index < -0.39 is 0 Å². The zero-order valence-corrected chi connectivity index (χ0v) is 14.3. The number of furan rings is 1. The van der Waals surface area contributed by atoms with Gasteiger partial charge in [0.05, 0.1) is 6.04 Å². The second-order valence-corrected chi connectivity index (χ2v) is 7.08. The molecule has 3 unspecified atom stereocenters. The Morgan fingerprint density at radius 2 is 2.19 bits per heavy atom. The molecule has 0 bridgehead atoms. The fraction of sp³-hybridized carbons (Fsp3) is 0.529. The molecule has 1 aliphatic carbocycles. The third-order valence-corrected chi connectivity index (χ3v) is 5.46. The molecule has 0 aliphatic heterocycles. The fourth-order valence-corrected chi connectivity index (χ4v) is 3.94. The number of fused-ring (bicyclic) bond motifs is 1. The molecule has 0 amide bonds. The maximum absolute atomic E-state index is 6.04. The summed E-state index contributed by atoms with van der Waals surface area (Å²) in [6.07, 6.45) is 3.79. The molecular formula is C17H23BrN2O. The van der Waals surface area contributed by atoms with Gasteiger partial charge in [0.15, 0.2) is 0 Å². The highest BCUT2D eigenvalue weighted by molar-refractivity contribution is 9.10. The van der Waals surface area contributed by atoms with Gasteiger partial charge in [-0.3, -0.25) is 4.90 Å². The first-order valence-electron chi connectivity index (χ1n) is 7.71. The van der Waals surface area contributed by atoms with Crippen LogP contribution in [0.25, 0.3) is 11.0 Å². The van der Waals surface area contributed by atoms with Crippen molar-refractivity contribution in [3.05, 3.63) is 34.5 Å². The molecule has 2 N–H and O–H groups in total. The Morgan fingerprint density at radius 1 is 1.38 bits per heavy atom. The lowest BCUT2D eigenvalue weighted by Crippen LogP contribution is -2.39. The van der Waals surface area contributed by atoms with Gasteiger partial charge in [-0.25, -0.2) is 0 Å². The van der Waals surface area contributed by atoms with Gasteiger partial charge in [-0.1, -0.05) is 22.4 Å². The maximum Gasteiger partial charge on any atom is 0.134 e. The average molecular weight is 351 g/mol. The summed E-state index contributed by atoms with van der Waals surface area (Å²) in [6, 6.07) is 9.15. The quantitative estimate of drug-likeness (QED) is 0.892. The van der Waals surface area contributed by atoms with Crippen LogP contribution in [0, 0.1) is 5.92 Å². The van der Waals surface area contributed by atoms with Crippen LogP contribution in [0.1, 0.15) is 38.0 Å². The molecule has 3 nitrogen and oxygen atoms in total. The molecule has 1 aromatic heterocycles. The van der Waals surface area contributed by atoms with Crippen molar-refractivity contribution in [2.45, 2.75) is 38.3 Å². The minimum absolute atomic E-state index is 0.272. The van der Waals surface area contributed by atoms with Crippen LogP contribution in [0.5, 0.6) is 0 Å². The van der Waals surface area contributed by atoms with E-state index in [1.807, 2.05) is 12.1 Å². The second kappa shape index (κ2) is 6.11. The number of hydrogen-bond acceptors (Lipinski definition) is 3. The van der Waals surface area contributed by atoms with E-state index in [1.54, 1.807) is 0 Å². The van der Waals surface area contributed by atoms with Gasteiger partial charge in [-0.05, 0) is 63.5 Å². The second-order valence-electron chi connectivity index (χ2n) is 6.17. The summed E-state index contributed by atoms with van der Waals surface area (Å²) in [5, 5.41) is 1.15. The van der Waals surface area contributed by atoms with Crippen LogP contribution in [0.15, 0.2) is 33.2 Å². The zero-order valence-electron chi connectivity index (χ0n) is 12.7. The molecule has 0 radical (unpaired) electrons. The fourth-order valence-electron chi connectivity index (χ4n) is 3.56. The Morgan fingerprint density at radius 3 is 2.95 bits per heavy atom. The summed E-state index contributed by atoms with van der Waals surface area (Å²) in [6.45, 7) is 3.01. The van der Waals surface area contributed by atoms with Crippen molar-refractivity contribution < 1.29 is 4.42 Å². The Balaban J connectivity index is 1.83. The molecule has 21 heavy (non-hydrogen) atoms. The van der Waals surface area contributed by atoms with Crippen molar-refractivity contribution in [2.24, 2.45) is 11.7 Å². The Kier molecular flexibility index (Phi) is 4.38. The molecule has 114 valence electrons.